The molecule has 0 radical (unpaired) electrons. The largest absolute Gasteiger partial charge is 0.497 e. The third kappa shape index (κ3) is 5.04. The highest BCUT2D eigenvalue weighted by molar-refractivity contribution is 6.35. The number of benzene rings is 1. The van der Waals surface area contributed by atoms with Crippen molar-refractivity contribution in [3.05, 3.63) is 29.8 Å². The lowest BCUT2D eigenvalue weighted by molar-refractivity contribution is -0.139. The third-order valence-corrected chi connectivity index (χ3v) is 3.58. The fourth-order valence-corrected chi connectivity index (χ4v) is 2.28. The predicted molar refractivity (Wildman–Crippen MR) is 81.7 cm³/mol. The molecule has 1 fully saturated rings. The minimum Gasteiger partial charge on any atom is -0.497 e. The monoisotopic (exact) mass is 306 g/mol. The van der Waals surface area contributed by atoms with E-state index in [1.54, 1.807) is 7.11 Å². The fraction of sp³-hybridized carbons (Fsp3) is 0.500. The summed E-state index contributed by atoms with van der Waals surface area (Å²) in [6, 6.07) is 7.60. The van der Waals surface area contributed by atoms with Crippen molar-refractivity contribution in [2.45, 2.75) is 25.4 Å². The number of nitrogens with one attached hydrogen (secondary N) is 2. The Hall–Kier alpha value is -2.08. The van der Waals surface area contributed by atoms with Crippen molar-refractivity contribution in [2.24, 2.45) is 0 Å². The van der Waals surface area contributed by atoms with Gasteiger partial charge in [0.2, 0.25) is 0 Å². The van der Waals surface area contributed by atoms with E-state index >= 15 is 0 Å². The molecule has 0 aliphatic carbocycles. The van der Waals surface area contributed by atoms with Crippen LogP contribution in [0.4, 0.5) is 0 Å². The Bertz CT molecular complexity index is 495. The Balaban J connectivity index is 1.64. The summed E-state index contributed by atoms with van der Waals surface area (Å²) in [5.74, 6) is -0.418. The number of amides is 2. The van der Waals surface area contributed by atoms with Crippen LogP contribution in [0.25, 0.3) is 0 Å². The summed E-state index contributed by atoms with van der Waals surface area (Å²) in [5.41, 5.74) is 1.07. The van der Waals surface area contributed by atoms with E-state index in [1.807, 2.05) is 24.3 Å². The number of ether oxygens (including phenoxy) is 2. The molecular formula is C16H22N2O4. The average Bonchev–Trinajstić information content (AvgIpc) is 3.06. The van der Waals surface area contributed by atoms with Crippen LogP contribution in [0.1, 0.15) is 18.4 Å². The quantitative estimate of drug-likeness (QED) is 0.757. The SMILES string of the molecule is COc1ccc(CCNC(=O)C(=O)NC[C@@H]2CCCO2)cc1. The van der Waals surface area contributed by atoms with E-state index in [9.17, 15) is 9.59 Å². The molecule has 6 heteroatoms. The summed E-state index contributed by atoms with van der Waals surface area (Å²) < 4.78 is 10.5. The van der Waals surface area contributed by atoms with Gasteiger partial charge in [0.05, 0.1) is 13.2 Å². The number of carbonyl (C=O) groups is 2. The number of hydrogen-bond acceptors (Lipinski definition) is 4. The van der Waals surface area contributed by atoms with Gasteiger partial charge in [-0.1, -0.05) is 12.1 Å². The average molecular weight is 306 g/mol. The zero-order valence-corrected chi connectivity index (χ0v) is 12.8. The molecule has 0 aromatic heterocycles. The molecule has 22 heavy (non-hydrogen) atoms. The molecule has 1 atom stereocenters. The van der Waals surface area contributed by atoms with E-state index in [-0.39, 0.29) is 6.10 Å². The normalized spacial score (nSPS) is 17.0. The van der Waals surface area contributed by atoms with Crippen molar-refractivity contribution in [3.63, 3.8) is 0 Å². The molecule has 6 nitrogen and oxygen atoms in total. The molecule has 0 unspecified atom stereocenters. The van der Waals surface area contributed by atoms with E-state index in [2.05, 4.69) is 10.6 Å². The second-order valence-corrected chi connectivity index (χ2v) is 5.20. The summed E-state index contributed by atoms with van der Waals surface area (Å²) in [6.07, 6.45) is 2.64. The topological polar surface area (TPSA) is 76.7 Å². The maximum absolute atomic E-state index is 11.7. The minimum absolute atomic E-state index is 0.0380. The number of methoxy groups -OCH3 is 1. The molecule has 1 saturated heterocycles. The highest BCUT2D eigenvalue weighted by atomic mass is 16.5. The number of hydrogen-bond donors (Lipinski definition) is 2. The minimum atomic E-state index is -0.606. The standard InChI is InChI=1S/C16H22N2O4/c1-21-13-6-4-12(5-7-13)8-9-17-15(19)16(20)18-11-14-3-2-10-22-14/h4-7,14H,2-3,8-11H2,1H3,(H,17,19)(H,18,20)/t14-/m0/s1. The Kier molecular flexibility index (Phi) is 6.21. The van der Waals surface area contributed by atoms with Gasteiger partial charge in [-0.25, -0.2) is 0 Å². The molecule has 1 aliphatic rings. The molecule has 2 rings (SSSR count). The highest BCUT2D eigenvalue weighted by Gasteiger charge is 2.18. The molecule has 0 saturated carbocycles. The number of rotatable bonds is 6. The predicted octanol–water partition coefficient (Wildman–Crippen LogP) is 0.649. The van der Waals surface area contributed by atoms with E-state index in [4.69, 9.17) is 9.47 Å². The Morgan fingerprint density at radius 2 is 1.95 bits per heavy atom. The van der Waals surface area contributed by atoms with Gasteiger partial charge >= 0.3 is 11.8 Å². The third-order valence-electron chi connectivity index (χ3n) is 3.58. The maximum atomic E-state index is 11.7. The molecule has 0 bridgehead atoms. The summed E-state index contributed by atoms with van der Waals surface area (Å²) in [7, 11) is 1.62. The lowest BCUT2D eigenvalue weighted by Crippen LogP contribution is -2.43. The summed E-state index contributed by atoms with van der Waals surface area (Å²) >= 11 is 0. The lowest BCUT2D eigenvalue weighted by atomic mass is 10.1. The summed E-state index contributed by atoms with van der Waals surface area (Å²) in [6.45, 7) is 1.54. The van der Waals surface area contributed by atoms with Crippen molar-refractivity contribution in [1.82, 2.24) is 10.6 Å². The van der Waals surface area contributed by atoms with Gasteiger partial charge in [-0.05, 0) is 37.0 Å². The van der Waals surface area contributed by atoms with Gasteiger partial charge in [0.1, 0.15) is 5.75 Å². The molecule has 1 aliphatic heterocycles. The zero-order valence-electron chi connectivity index (χ0n) is 12.8. The first-order chi connectivity index (χ1) is 10.7. The van der Waals surface area contributed by atoms with Crippen LogP contribution in [0, 0.1) is 0 Å². The van der Waals surface area contributed by atoms with Gasteiger partial charge in [0.15, 0.2) is 0 Å². The zero-order chi connectivity index (χ0) is 15.8. The van der Waals surface area contributed by atoms with Crippen LogP contribution >= 0.6 is 0 Å². The van der Waals surface area contributed by atoms with E-state index in [1.165, 1.54) is 0 Å². The van der Waals surface area contributed by atoms with Crippen LogP contribution in [0.15, 0.2) is 24.3 Å². The van der Waals surface area contributed by atoms with Crippen LogP contribution in [-0.4, -0.2) is 44.7 Å². The van der Waals surface area contributed by atoms with Crippen molar-refractivity contribution in [1.29, 1.82) is 0 Å². The van der Waals surface area contributed by atoms with Crippen LogP contribution in [0.5, 0.6) is 5.75 Å². The summed E-state index contributed by atoms with van der Waals surface area (Å²) in [5, 5.41) is 5.21. The molecule has 120 valence electrons. The van der Waals surface area contributed by atoms with Crippen LogP contribution in [0.2, 0.25) is 0 Å². The Morgan fingerprint density at radius 3 is 2.59 bits per heavy atom. The van der Waals surface area contributed by atoms with Gasteiger partial charge in [-0.15, -0.1) is 0 Å². The van der Waals surface area contributed by atoms with Gasteiger partial charge in [0, 0.05) is 19.7 Å². The van der Waals surface area contributed by atoms with Crippen LogP contribution in [0.3, 0.4) is 0 Å². The van der Waals surface area contributed by atoms with E-state index in [0.29, 0.717) is 19.5 Å². The molecule has 1 heterocycles. The highest BCUT2D eigenvalue weighted by Crippen LogP contribution is 2.11. The second-order valence-electron chi connectivity index (χ2n) is 5.20. The second kappa shape index (κ2) is 8.38. The molecule has 1 aromatic carbocycles. The summed E-state index contributed by atoms with van der Waals surface area (Å²) in [4.78, 5) is 23.3. The first-order valence-electron chi connectivity index (χ1n) is 7.49. The van der Waals surface area contributed by atoms with Crippen LogP contribution < -0.4 is 15.4 Å². The maximum Gasteiger partial charge on any atom is 0.309 e. The smallest absolute Gasteiger partial charge is 0.309 e. The molecule has 1 aromatic rings. The molecule has 0 spiro atoms. The van der Waals surface area contributed by atoms with Crippen molar-refractivity contribution >= 4 is 11.8 Å². The van der Waals surface area contributed by atoms with Crippen molar-refractivity contribution in [2.75, 3.05) is 26.8 Å². The van der Waals surface area contributed by atoms with Gasteiger partial charge in [0.25, 0.3) is 0 Å². The van der Waals surface area contributed by atoms with E-state index in [0.717, 1.165) is 30.8 Å². The fourth-order valence-electron chi connectivity index (χ4n) is 2.28. The van der Waals surface area contributed by atoms with Gasteiger partial charge in [-0.3, -0.25) is 9.59 Å². The Labute approximate surface area is 130 Å². The number of carbonyl (C=O) groups excluding carboxylic acids is 2. The van der Waals surface area contributed by atoms with Gasteiger partial charge in [-0.2, -0.15) is 0 Å². The molecular weight excluding hydrogens is 284 g/mol. The van der Waals surface area contributed by atoms with Crippen molar-refractivity contribution in [3.8, 4) is 5.75 Å². The first-order valence-corrected chi connectivity index (χ1v) is 7.49. The first kappa shape index (κ1) is 16.3. The Morgan fingerprint density at radius 1 is 1.23 bits per heavy atom. The lowest BCUT2D eigenvalue weighted by Gasteiger charge is -2.10. The van der Waals surface area contributed by atoms with Crippen molar-refractivity contribution < 1.29 is 19.1 Å². The van der Waals surface area contributed by atoms with Crippen LogP contribution in [-0.2, 0) is 20.7 Å². The van der Waals surface area contributed by atoms with Gasteiger partial charge < -0.3 is 20.1 Å². The van der Waals surface area contributed by atoms with E-state index < -0.39 is 11.8 Å². The molecule has 2 N–H and O–H groups in total. The molecule has 2 amide bonds.